The van der Waals surface area contributed by atoms with E-state index in [1.165, 1.54) is 0 Å². The van der Waals surface area contributed by atoms with Gasteiger partial charge in [0.25, 0.3) is 0 Å². The Bertz CT molecular complexity index is 159. The first-order chi connectivity index (χ1) is 5.56. The van der Waals surface area contributed by atoms with Crippen LogP contribution in [0.5, 0.6) is 0 Å². The maximum atomic E-state index is 9.23. The largest absolute Gasteiger partial charge is 0.378 e. The van der Waals surface area contributed by atoms with E-state index in [1.54, 1.807) is 13.8 Å². The first-order valence-electron chi connectivity index (χ1n) is 4.49. The summed E-state index contributed by atoms with van der Waals surface area (Å²) >= 11 is 0. The van der Waals surface area contributed by atoms with E-state index in [1.807, 2.05) is 0 Å². The molecule has 3 N–H and O–H groups in total. The average molecular weight is 169 g/mol. The highest BCUT2D eigenvalue weighted by atomic mass is 16.3. The first kappa shape index (κ1) is 11.5. The molecule has 0 unspecified atom stereocenters. The van der Waals surface area contributed by atoms with Gasteiger partial charge in [-0.1, -0.05) is 12.3 Å². The Morgan fingerprint density at radius 2 is 1.92 bits per heavy atom. The molecule has 0 aromatic heterocycles. The molecule has 0 radical (unpaired) electrons. The zero-order valence-electron chi connectivity index (χ0n) is 8.06. The number of nitrogens with two attached hydrogens (primary N) is 1. The first-order valence-corrected chi connectivity index (χ1v) is 4.49. The van der Waals surface area contributed by atoms with Gasteiger partial charge in [0.15, 0.2) is 0 Å². The van der Waals surface area contributed by atoms with Crippen LogP contribution in [0.3, 0.4) is 0 Å². The predicted molar refractivity (Wildman–Crippen MR) is 51.6 cm³/mol. The molecule has 0 atom stereocenters. The van der Waals surface area contributed by atoms with Crippen LogP contribution in [0, 0.1) is 11.8 Å². The van der Waals surface area contributed by atoms with Crippen molar-refractivity contribution >= 4 is 0 Å². The topological polar surface area (TPSA) is 46.2 Å². The summed E-state index contributed by atoms with van der Waals surface area (Å²) in [6, 6.07) is 0. The quantitative estimate of drug-likeness (QED) is 0.492. The molecule has 2 heteroatoms. The summed E-state index contributed by atoms with van der Waals surface area (Å²) < 4.78 is 0. The minimum Gasteiger partial charge on any atom is -0.378 e. The Balaban J connectivity index is 3.34. The summed E-state index contributed by atoms with van der Waals surface area (Å²) in [4.78, 5) is 0. The molecule has 0 aromatic carbocycles. The lowest BCUT2D eigenvalue weighted by atomic mass is 10.1. The molecule has 70 valence electrons. The van der Waals surface area contributed by atoms with Crippen molar-refractivity contribution in [2.75, 3.05) is 6.54 Å². The van der Waals surface area contributed by atoms with Crippen LogP contribution in [0.15, 0.2) is 0 Å². The molecule has 2 nitrogen and oxygen atoms in total. The lowest BCUT2D eigenvalue weighted by molar-refractivity contribution is 0.143. The minimum atomic E-state index is -0.839. The number of aliphatic hydroxyl groups is 1. The fourth-order valence-corrected chi connectivity index (χ4v) is 0.813. The van der Waals surface area contributed by atoms with E-state index in [0.29, 0.717) is 0 Å². The third-order valence-electron chi connectivity index (χ3n) is 1.40. The highest BCUT2D eigenvalue weighted by Gasteiger charge is 2.04. The zero-order chi connectivity index (χ0) is 9.45. The van der Waals surface area contributed by atoms with Gasteiger partial charge in [0.2, 0.25) is 0 Å². The highest BCUT2D eigenvalue weighted by Crippen LogP contribution is 2.00. The molecule has 0 bridgehead atoms. The summed E-state index contributed by atoms with van der Waals surface area (Å²) in [6.45, 7) is 4.15. The minimum absolute atomic E-state index is 0.763. The number of rotatable bonds is 4. The number of hydrogen-bond donors (Lipinski definition) is 2. The van der Waals surface area contributed by atoms with Crippen molar-refractivity contribution in [3.8, 4) is 11.8 Å². The van der Waals surface area contributed by atoms with E-state index in [4.69, 9.17) is 5.73 Å². The van der Waals surface area contributed by atoms with E-state index in [2.05, 4.69) is 11.8 Å². The van der Waals surface area contributed by atoms with Crippen LogP contribution >= 0.6 is 0 Å². The molecule has 0 amide bonds. The lowest BCUT2D eigenvalue weighted by Gasteiger charge is -2.05. The van der Waals surface area contributed by atoms with Gasteiger partial charge >= 0.3 is 0 Å². The van der Waals surface area contributed by atoms with Gasteiger partial charge < -0.3 is 10.8 Å². The van der Waals surface area contributed by atoms with Crippen LogP contribution in [0.25, 0.3) is 0 Å². The summed E-state index contributed by atoms with van der Waals surface area (Å²) in [5.41, 5.74) is 4.50. The van der Waals surface area contributed by atoms with Gasteiger partial charge in [0, 0.05) is 6.42 Å². The Morgan fingerprint density at radius 1 is 1.25 bits per heavy atom. The monoisotopic (exact) mass is 169 g/mol. The second kappa shape index (κ2) is 6.05. The standard InChI is InChI=1S/C10H19NO/c1-10(2,12)8-6-4-3-5-7-9-11/h12H,3-5,7,9,11H2,1-2H3. The Labute approximate surface area is 75.2 Å². The smallest absolute Gasteiger partial charge is 0.119 e. The fraction of sp³-hybridized carbons (Fsp3) is 0.800. The molecule has 0 saturated carbocycles. The molecule has 0 rings (SSSR count). The van der Waals surface area contributed by atoms with Gasteiger partial charge in [0.1, 0.15) is 5.60 Å². The molecule has 0 spiro atoms. The van der Waals surface area contributed by atoms with E-state index < -0.39 is 5.60 Å². The number of unbranched alkanes of at least 4 members (excludes halogenated alkanes) is 3. The van der Waals surface area contributed by atoms with Gasteiger partial charge in [-0.25, -0.2) is 0 Å². The maximum absolute atomic E-state index is 9.23. The third-order valence-corrected chi connectivity index (χ3v) is 1.40. The lowest BCUT2D eigenvalue weighted by Crippen LogP contribution is -2.14. The van der Waals surface area contributed by atoms with Crippen LogP contribution in [-0.4, -0.2) is 17.3 Å². The van der Waals surface area contributed by atoms with Gasteiger partial charge in [-0.3, -0.25) is 0 Å². The molecule has 0 aromatic rings. The summed E-state index contributed by atoms with van der Waals surface area (Å²) in [6.07, 6.45) is 4.16. The Morgan fingerprint density at radius 3 is 2.42 bits per heavy atom. The van der Waals surface area contributed by atoms with Crippen molar-refractivity contribution in [3.63, 3.8) is 0 Å². The van der Waals surface area contributed by atoms with Crippen LogP contribution in [0.2, 0.25) is 0 Å². The molecule has 0 aliphatic heterocycles. The molecule has 0 heterocycles. The van der Waals surface area contributed by atoms with Gasteiger partial charge in [0.05, 0.1) is 0 Å². The third kappa shape index (κ3) is 9.48. The van der Waals surface area contributed by atoms with E-state index >= 15 is 0 Å². The van der Waals surface area contributed by atoms with Crippen molar-refractivity contribution in [3.05, 3.63) is 0 Å². The highest BCUT2D eigenvalue weighted by molar-refractivity contribution is 5.09. The van der Waals surface area contributed by atoms with Crippen molar-refractivity contribution in [2.45, 2.75) is 45.1 Å². The van der Waals surface area contributed by atoms with Crippen molar-refractivity contribution in [1.29, 1.82) is 0 Å². The summed E-state index contributed by atoms with van der Waals surface area (Å²) in [5.74, 6) is 5.72. The van der Waals surface area contributed by atoms with Crippen molar-refractivity contribution in [1.82, 2.24) is 0 Å². The van der Waals surface area contributed by atoms with E-state index in [-0.39, 0.29) is 0 Å². The second-order valence-corrected chi connectivity index (χ2v) is 3.46. The molecule has 12 heavy (non-hydrogen) atoms. The zero-order valence-corrected chi connectivity index (χ0v) is 8.06. The molecule has 0 aliphatic rings. The molecular weight excluding hydrogens is 150 g/mol. The average Bonchev–Trinajstić information content (AvgIpc) is 1.94. The second-order valence-electron chi connectivity index (χ2n) is 3.46. The van der Waals surface area contributed by atoms with Gasteiger partial charge in [-0.15, -0.1) is 5.92 Å². The fourth-order valence-electron chi connectivity index (χ4n) is 0.813. The van der Waals surface area contributed by atoms with Crippen LogP contribution in [0.1, 0.15) is 39.5 Å². The van der Waals surface area contributed by atoms with E-state index in [9.17, 15) is 5.11 Å². The van der Waals surface area contributed by atoms with Gasteiger partial charge in [-0.2, -0.15) is 0 Å². The van der Waals surface area contributed by atoms with E-state index in [0.717, 1.165) is 32.2 Å². The summed E-state index contributed by atoms with van der Waals surface area (Å²) in [7, 11) is 0. The maximum Gasteiger partial charge on any atom is 0.119 e. The number of hydrogen-bond acceptors (Lipinski definition) is 2. The van der Waals surface area contributed by atoms with Crippen LogP contribution < -0.4 is 5.73 Å². The molecule has 0 fully saturated rings. The van der Waals surface area contributed by atoms with Gasteiger partial charge in [-0.05, 0) is 33.2 Å². The summed E-state index contributed by atoms with van der Waals surface area (Å²) in [5, 5.41) is 9.23. The SMILES string of the molecule is CC(C)(O)C#CCCCCCN. The molecular formula is C10H19NO. The predicted octanol–water partition coefficient (Wildman–Crippen LogP) is 1.28. The van der Waals surface area contributed by atoms with Crippen molar-refractivity contribution < 1.29 is 5.11 Å². The molecule has 0 saturated heterocycles. The Kier molecular flexibility index (Phi) is 5.79. The Hall–Kier alpha value is -0.520. The normalized spacial score (nSPS) is 10.7. The van der Waals surface area contributed by atoms with Crippen molar-refractivity contribution in [2.24, 2.45) is 5.73 Å². The molecule has 0 aliphatic carbocycles. The van der Waals surface area contributed by atoms with Crippen LogP contribution in [-0.2, 0) is 0 Å². The van der Waals surface area contributed by atoms with Crippen LogP contribution in [0.4, 0.5) is 0 Å².